The molecule has 142 valence electrons. The molecule has 1 N–H and O–H groups in total. The van der Waals surface area contributed by atoms with Crippen LogP contribution < -0.4 is 0 Å². The quantitative estimate of drug-likeness (QED) is 0.472. The minimum absolute atomic E-state index is 0.480. The molecule has 0 spiro atoms. The maximum Gasteiger partial charge on any atom is 0.397 e. The van der Waals surface area contributed by atoms with Crippen molar-refractivity contribution < 1.29 is 17.2 Å². The number of unbranched alkanes of at least 4 members (excludes halogenated alkanes) is 5. The molecule has 0 amide bonds. The second-order valence-corrected chi connectivity index (χ2v) is 8.00. The van der Waals surface area contributed by atoms with Gasteiger partial charge >= 0.3 is 10.4 Å². The number of fused-ring (bicyclic) bond motifs is 1. The van der Waals surface area contributed by atoms with Gasteiger partial charge in [-0.05, 0) is 24.0 Å². The van der Waals surface area contributed by atoms with Crippen LogP contribution in [0.25, 0.3) is 0 Å². The van der Waals surface area contributed by atoms with Crippen molar-refractivity contribution in [2.45, 2.75) is 70.9 Å². The van der Waals surface area contributed by atoms with Crippen LogP contribution in [0.15, 0.2) is 24.3 Å². The molecular weight excluding hydrogens is 338 g/mol. The molecule has 5 nitrogen and oxygen atoms in total. The molecule has 6 heteroatoms. The van der Waals surface area contributed by atoms with Gasteiger partial charge in [-0.15, -0.1) is 0 Å². The fourth-order valence-electron chi connectivity index (χ4n) is 3.49. The van der Waals surface area contributed by atoms with E-state index in [9.17, 15) is 8.42 Å². The SMILES string of the molecule is CCCCCCCCC(CN1CCc2ccccc2C1)OS(=O)(=O)O. The minimum atomic E-state index is -4.41. The predicted octanol–water partition coefficient (Wildman–Crippen LogP) is 3.98. The average molecular weight is 370 g/mol. The largest absolute Gasteiger partial charge is 0.397 e. The molecule has 0 bridgehead atoms. The van der Waals surface area contributed by atoms with Crippen molar-refractivity contribution in [2.75, 3.05) is 13.1 Å². The molecule has 1 unspecified atom stereocenters. The van der Waals surface area contributed by atoms with Gasteiger partial charge in [-0.2, -0.15) is 8.42 Å². The van der Waals surface area contributed by atoms with E-state index in [0.717, 1.165) is 32.4 Å². The van der Waals surface area contributed by atoms with Crippen LogP contribution in [-0.2, 0) is 27.5 Å². The number of nitrogens with zero attached hydrogens (tertiary/aromatic N) is 1. The highest BCUT2D eigenvalue weighted by molar-refractivity contribution is 7.80. The molecule has 0 fully saturated rings. The van der Waals surface area contributed by atoms with Gasteiger partial charge in [0.2, 0.25) is 0 Å². The van der Waals surface area contributed by atoms with Crippen molar-refractivity contribution in [3.05, 3.63) is 35.4 Å². The van der Waals surface area contributed by atoms with Gasteiger partial charge in [-0.3, -0.25) is 9.45 Å². The van der Waals surface area contributed by atoms with E-state index in [1.165, 1.54) is 36.8 Å². The summed E-state index contributed by atoms with van der Waals surface area (Å²) in [5, 5.41) is 0. The Morgan fingerprint density at radius 1 is 1.12 bits per heavy atom. The molecular formula is C19H31NO4S. The Labute approximate surface area is 152 Å². The maximum absolute atomic E-state index is 11.2. The summed E-state index contributed by atoms with van der Waals surface area (Å²) in [6.07, 6.45) is 8.00. The Hall–Kier alpha value is -0.950. The van der Waals surface area contributed by atoms with Crippen molar-refractivity contribution >= 4 is 10.4 Å². The van der Waals surface area contributed by atoms with Crippen LogP contribution in [-0.4, -0.2) is 37.1 Å². The van der Waals surface area contributed by atoms with Gasteiger partial charge < -0.3 is 0 Å². The van der Waals surface area contributed by atoms with Crippen LogP contribution in [0.1, 0.15) is 63.0 Å². The molecule has 1 aliphatic heterocycles. The second kappa shape index (κ2) is 10.3. The number of hydrogen-bond acceptors (Lipinski definition) is 4. The molecule has 0 aromatic heterocycles. The zero-order valence-electron chi connectivity index (χ0n) is 15.2. The van der Waals surface area contributed by atoms with Crippen molar-refractivity contribution in [2.24, 2.45) is 0 Å². The maximum atomic E-state index is 11.2. The Kier molecular flexibility index (Phi) is 8.36. The highest BCUT2D eigenvalue weighted by atomic mass is 32.3. The monoisotopic (exact) mass is 369 g/mol. The summed E-state index contributed by atoms with van der Waals surface area (Å²) in [4.78, 5) is 2.22. The highest BCUT2D eigenvalue weighted by Gasteiger charge is 2.23. The van der Waals surface area contributed by atoms with E-state index in [0.29, 0.717) is 13.0 Å². The van der Waals surface area contributed by atoms with Gasteiger partial charge in [-0.25, -0.2) is 4.18 Å². The van der Waals surface area contributed by atoms with E-state index in [1.807, 2.05) is 6.07 Å². The summed E-state index contributed by atoms with van der Waals surface area (Å²) < 4.78 is 36.4. The summed E-state index contributed by atoms with van der Waals surface area (Å²) in [5.41, 5.74) is 2.65. The molecule has 1 aromatic rings. The lowest BCUT2D eigenvalue weighted by Gasteiger charge is -2.31. The third-order valence-electron chi connectivity index (χ3n) is 4.81. The van der Waals surface area contributed by atoms with Gasteiger partial charge in [-0.1, -0.05) is 69.7 Å². The zero-order chi connectivity index (χ0) is 18.1. The lowest BCUT2D eigenvalue weighted by molar-refractivity contribution is 0.108. The first-order valence-corrected chi connectivity index (χ1v) is 10.8. The molecule has 1 aliphatic rings. The number of benzene rings is 1. The highest BCUT2D eigenvalue weighted by Crippen LogP contribution is 2.20. The number of hydrogen-bond donors (Lipinski definition) is 1. The standard InChI is InChI=1S/C19H31NO4S/c1-2-3-4-5-6-7-12-19(24-25(21,22)23)16-20-14-13-17-10-8-9-11-18(17)15-20/h8-11,19H,2-7,12-16H2,1H3,(H,21,22,23). The summed E-state index contributed by atoms with van der Waals surface area (Å²) in [6.45, 7) is 4.41. The summed E-state index contributed by atoms with van der Waals surface area (Å²) in [7, 11) is -4.41. The molecule has 2 rings (SSSR count). The van der Waals surface area contributed by atoms with Crippen LogP contribution in [0.4, 0.5) is 0 Å². The summed E-state index contributed by atoms with van der Waals surface area (Å²) in [5.74, 6) is 0. The lowest BCUT2D eigenvalue weighted by Crippen LogP contribution is -2.38. The van der Waals surface area contributed by atoms with Gasteiger partial charge in [0.05, 0.1) is 6.10 Å². The lowest BCUT2D eigenvalue weighted by atomic mass is 9.99. The Morgan fingerprint density at radius 3 is 2.52 bits per heavy atom. The number of rotatable bonds is 11. The molecule has 0 aliphatic carbocycles. The van der Waals surface area contributed by atoms with E-state index >= 15 is 0 Å². The van der Waals surface area contributed by atoms with Crippen LogP contribution >= 0.6 is 0 Å². The Balaban J connectivity index is 1.84. The first-order chi connectivity index (χ1) is 12.0. The molecule has 1 aromatic carbocycles. The fourth-order valence-corrected chi connectivity index (χ4v) is 3.99. The van der Waals surface area contributed by atoms with Gasteiger partial charge in [0.25, 0.3) is 0 Å². The Morgan fingerprint density at radius 2 is 1.80 bits per heavy atom. The minimum Gasteiger partial charge on any atom is -0.296 e. The van der Waals surface area contributed by atoms with Crippen LogP contribution in [0, 0.1) is 0 Å². The first-order valence-electron chi connectivity index (χ1n) is 9.43. The van der Waals surface area contributed by atoms with Crippen molar-refractivity contribution in [1.29, 1.82) is 0 Å². The second-order valence-electron chi connectivity index (χ2n) is 6.96. The van der Waals surface area contributed by atoms with E-state index in [2.05, 4.69) is 30.0 Å². The van der Waals surface area contributed by atoms with E-state index in [-0.39, 0.29) is 0 Å². The van der Waals surface area contributed by atoms with E-state index in [1.54, 1.807) is 0 Å². The van der Waals surface area contributed by atoms with Gasteiger partial charge in [0.1, 0.15) is 0 Å². The molecule has 1 heterocycles. The predicted molar refractivity (Wildman–Crippen MR) is 99.8 cm³/mol. The third kappa shape index (κ3) is 7.86. The normalized spacial score (nSPS) is 16.6. The van der Waals surface area contributed by atoms with Crippen LogP contribution in [0.2, 0.25) is 0 Å². The summed E-state index contributed by atoms with van der Waals surface area (Å²) >= 11 is 0. The average Bonchev–Trinajstić information content (AvgIpc) is 2.56. The fraction of sp³-hybridized carbons (Fsp3) is 0.684. The van der Waals surface area contributed by atoms with Crippen LogP contribution in [0.5, 0.6) is 0 Å². The third-order valence-corrected chi connectivity index (χ3v) is 5.32. The topological polar surface area (TPSA) is 66.8 Å². The molecule has 0 radical (unpaired) electrons. The molecule has 25 heavy (non-hydrogen) atoms. The molecule has 0 saturated heterocycles. The van der Waals surface area contributed by atoms with Crippen molar-refractivity contribution in [3.8, 4) is 0 Å². The van der Waals surface area contributed by atoms with Crippen molar-refractivity contribution in [3.63, 3.8) is 0 Å². The molecule has 1 atom stereocenters. The summed E-state index contributed by atoms with van der Waals surface area (Å²) in [6, 6.07) is 8.35. The van der Waals surface area contributed by atoms with Crippen LogP contribution in [0.3, 0.4) is 0 Å². The molecule has 0 saturated carbocycles. The van der Waals surface area contributed by atoms with E-state index in [4.69, 9.17) is 8.74 Å². The zero-order valence-corrected chi connectivity index (χ0v) is 16.0. The van der Waals surface area contributed by atoms with E-state index < -0.39 is 16.5 Å². The smallest absolute Gasteiger partial charge is 0.296 e. The van der Waals surface area contributed by atoms with Gasteiger partial charge in [0.15, 0.2) is 0 Å². The van der Waals surface area contributed by atoms with Gasteiger partial charge in [0, 0.05) is 19.6 Å². The Bertz CT molecular complexity index is 618. The van der Waals surface area contributed by atoms with Crippen molar-refractivity contribution in [1.82, 2.24) is 4.90 Å². The first kappa shape index (κ1) is 20.4.